The maximum Gasteiger partial charge on any atom is 0.254 e. The molecule has 2 aromatic carbocycles. The van der Waals surface area contributed by atoms with Crippen LogP contribution in [-0.2, 0) is 11.3 Å². The van der Waals surface area contributed by atoms with Crippen molar-refractivity contribution in [3.8, 4) is 0 Å². The normalized spacial score (nSPS) is 16.7. The van der Waals surface area contributed by atoms with Gasteiger partial charge in [0, 0.05) is 18.7 Å². The number of hydrogen-bond donors (Lipinski definition) is 1. The van der Waals surface area contributed by atoms with Crippen LogP contribution in [0.4, 0.5) is 4.39 Å². The van der Waals surface area contributed by atoms with E-state index in [0.29, 0.717) is 30.6 Å². The number of likely N-dealkylation sites (tertiary alicyclic amines) is 1. The molecular weight excluding hydrogens is 319 g/mol. The molecule has 4 nitrogen and oxygen atoms in total. The predicted octanol–water partition coefficient (Wildman–Crippen LogP) is 3.06. The molecule has 1 fully saturated rings. The van der Waals surface area contributed by atoms with E-state index in [1.165, 1.54) is 6.07 Å². The lowest BCUT2D eigenvalue weighted by atomic mass is 10.1. The summed E-state index contributed by atoms with van der Waals surface area (Å²) in [4.78, 5) is 26.8. The second-order valence-corrected chi connectivity index (χ2v) is 6.32. The van der Waals surface area contributed by atoms with Gasteiger partial charge in [0.1, 0.15) is 11.9 Å². The molecule has 0 aliphatic carbocycles. The smallest absolute Gasteiger partial charge is 0.254 e. The van der Waals surface area contributed by atoms with Crippen LogP contribution in [0.2, 0.25) is 0 Å². The predicted molar refractivity (Wildman–Crippen MR) is 93.5 cm³/mol. The van der Waals surface area contributed by atoms with Gasteiger partial charge < -0.3 is 10.2 Å². The van der Waals surface area contributed by atoms with E-state index in [-0.39, 0.29) is 17.6 Å². The number of nitrogens with one attached hydrogen (secondary N) is 1. The number of hydrogen-bond acceptors (Lipinski definition) is 2. The van der Waals surface area contributed by atoms with Gasteiger partial charge in [-0.25, -0.2) is 4.39 Å². The maximum atomic E-state index is 13.3. The van der Waals surface area contributed by atoms with Gasteiger partial charge in [-0.1, -0.05) is 30.3 Å². The average molecular weight is 340 g/mol. The van der Waals surface area contributed by atoms with Gasteiger partial charge in [-0.3, -0.25) is 9.59 Å². The minimum Gasteiger partial charge on any atom is -0.350 e. The first kappa shape index (κ1) is 17.1. The molecule has 0 spiro atoms. The molecule has 130 valence electrons. The van der Waals surface area contributed by atoms with E-state index >= 15 is 0 Å². The molecule has 1 atom stereocenters. The van der Waals surface area contributed by atoms with Crippen molar-refractivity contribution in [3.63, 3.8) is 0 Å². The Morgan fingerprint density at radius 3 is 2.68 bits per heavy atom. The van der Waals surface area contributed by atoms with Crippen LogP contribution in [0.25, 0.3) is 0 Å². The number of amides is 2. The lowest BCUT2D eigenvalue weighted by Crippen LogP contribution is -2.45. The molecule has 3 rings (SSSR count). The summed E-state index contributed by atoms with van der Waals surface area (Å²) in [6.45, 7) is 2.60. The average Bonchev–Trinajstić information content (AvgIpc) is 3.12. The first-order valence-electron chi connectivity index (χ1n) is 8.45. The minimum absolute atomic E-state index is 0.115. The highest BCUT2D eigenvalue weighted by molar-refractivity contribution is 5.97. The summed E-state index contributed by atoms with van der Waals surface area (Å²) in [5, 5.41) is 2.87. The summed E-state index contributed by atoms with van der Waals surface area (Å²) in [6.07, 6.45) is 1.47. The molecule has 2 amide bonds. The van der Waals surface area contributed by atoms with E-state index in [9.17, 15) is 14.0 Å². The molecule has 0 radical (unpaired) electrons. The number of halogens is 1. The molecule has 0 saturated carbocycles. The summed E-state index contributed by atoms with van der Waals surface area (Å²) in [5.74, 6) is -0.537. The summed E-state index contributed by atoms with van der Waals surface area (Å²) in [5.41, 5.74) is 1.98. The van der Waals surface area contributed by atoms with E-state index in [1.807, 2.05) is 18.2 Å². The van der Waals surface area contributed by atoms with Crippen molar-refractivity contribution in [2.24, 2.45) is 0 Å². The van der Waals surface area contributed by atoms with Crippen LogP contribution >= 0.6 is 0 Å². The van der Waals surface area contributed by atoms with Crippen LogP contribution in [0.3, 0.4) is 0 Å². The Labute approximate surface area is 146 Å². The van der Waals surface area contributed by atoms with Gasteiger partial charge in [0.2, 0.25) is 5.91 Å². The highest BCUT2D eigenvalue weighted by Crippen LogP contribution is 2.20. The van der Waals surface area contributed by atoms with Crippen LogP contribution < -0.4 is 5.32 Å². The third kappa shape index (κ3) is 3.87. The van der Waals surface area contributed by atoms with Crippen LogP contribution in [0.1, 0.15) is 34.3 Å². The van der Waals surface area contributed by atoms with E-state index in [4.69, 9.17) is 0 Å². The molecule has 1 N–H and O–H groups in total. The highest BCUT2D eigenvalue weighted by atomic mass is 19.1. The Hall–Kier alpha value is -2.69. The van der Waals surface area contributed by atoms with Crippen LogP contribution in [0.15, 0.2) is 48.5 Å². The zero-order valence-corrected chi connectivity index (χ0v) is 14.2. The fourth-order valence-corrected chi connectivity index (χ4v) is 3.15. The first-order valence-corrected chi connectivity index (χ1v) is 8.45. The standard InChI is InChI=1S/C20H21FN2O2/c1-14-12-15(9-10-17(14)21)13-22-19(24)18-8-5-11-23(18)20(25)16-6-3-2-4-7-16/h2-4,6-7,9-10,12,18H,5,8,11,13H2,1H3,(H,22,24). The molecule has 1 aliphatic heterocycles. The number of carbonyl (C=O) groups excluding carboxylic acids is 2. The fraction of sp³-hybridized carbons (Fsp3) is 0.300. The van der Waals surface area contributed by atoms with E-state index in [1.54, 1.807) is 36.1 Å². The summed E-state index contributed by atoms with van der Waals surface area (Å²) in [6, 6.07) is 13.3. The van der Waals surface area contributed by atoms with Crippen molar-refractivity contribution in [1.82, 2.24) is 10.2 Å². The van der Waals surface area contributed by atoms with E-state index in [0.717, 1.165) is 12.0 Å². The van der Waals surface area contributed by atoms with Gasteiger partial charge in [0.15, 0.2) is 0 Å². The van der Waals surface area contributed by atoms with Crippen molar-refractivity contribution in [1.29, 1.82) is 0 Å². The number of aryl methyl sites for hydroxylation is 1. The Bertz CT molecular complexity index is 777. The second kappa shape index (κ2) is 7.47. The molecule has 1 unspecified atom stereocenters. The van der Waals surface area contributed by atoms with Crippen molar-refractivity contribution >= 4 is 11.8 Å². The molecule has 1 saturated heterocycles. The Morgan fingerprint density at radius 1 is 1.20 bits per heavy atom. The van der Waals surface area contributed by atoms with Gasteiger partial charge in [-0.05, 0) is 49.1 Å². The lowest BCUT2D eigenvalue weighted by molar-refractivity contribution is -0.125. The molecular formula is C20H21FN2O2. The molecule has 0 bridgehead atoms. The SMILES string of the molecule is Cc1cc(CNC(=O)C2CCCN2C(=O)c2ccccc2)ccc1F. The summed E-state index contributed by atoms with van der Waals surface area (Å²) >= 11 is 0. The van der Waals surface area contributed by atoms with Gasteiger partial charge in [0.25, 0.3) is 5.91 Å². The van der Waals surface area contributed by atoms with Gasteiger partial charge >= 0.3 is 0 Å². The van der Waals surface area contributed by atoms with Gasteiger partial charge in [-0.2, -0.15) is 0 Å². The quantitative estimate of drug-likeness (QED) is 0.930. The van der Waals surface area contributed by atoms with Gasteiger partial charge in [-0.15, -0.1) is 0 Å². The number of nitrogens with zero attached hydrogens (tertiary/aromatic N) is 1. The minimum atomic E-state index is -0.450. The third-order valence-electron chi connectivity index (χ3n) is 4.53. The van der Waals surface area contributed by atoms with Crippen molar-refractivity contribution in [3.05, 3.63) is 71.0 Å². The number of benzene rings is 2. The van der Waals surface area contributed by atoms with Crippen molar-refractivity contribution in [2.45, 2.75) is 32.4 Å². The third-order valence-corrected chi connectivity index (χ3v) is 4.53. The molecule has 2 aromatic rings. The Balaban J connectivity index is 1.64. The van der Waals surface area contributed by atoms with Crippen molar-refractivity contribution in [2.75, 3.05) is 6.54 Å². The molecule has 0 aromatic heterocycles. The zero-order valence-electron chi connectivity index (χ0n) is 14.2. The molecule has 1 heterocycles. The second-order valence-electron chi connectivity index (χ2n) is 6.32. The molecule has 25 heavy (non-hydrogen) atoms. The van der Waals surface area contributed by atoms with Crippen LogP contribution in [0, 0.1) is 12.7 Å². The van der Waals surface area contributed by atoms with E-state index < -0.39 is 6.04 Å². The lowest BCUT2D eigenvalue weighted by Gasteiger charge is -2.24. The summed E-state index contributed by atoms with van der Waals surface area (Å²) < 4.78 is 13.3. The monoisotopic (exact) mass is 340 g/mol. The fourth-order valence-electron chi connectivity index (χ4n) is 3.15. The zero-order chi connectivity index (χ0) is 17.8. The van der Waals surface area contributed by atoms with E-state index in [2.05, 4.69) is 5.32 Å². The largest absolute Gasteiger partial charge is 0.350 e. The first-order chi connectivity index (χ1) is 12.1. The molecule has 5 heteroatoms. The van der Waals surface area contributed by atoms with Gasteiger partial charge in [0.05, 0.1) is 0 Å². The van der Waals surface area contributed by atoms with Crippen LogP contribution in [0.5, 0.6) is 0 Å². The van der Waals surface area contributed by atoms with Crippen molar-refractivity contribution < 1.29 is 14.0 Å². The molecule has 1 aliphatic rings. The topological polar surface area (TPSA) is 49.4 Å². The maximum absolute atomic E-state index is 13.3. The number of carbonyl (C=O) groups is 2. The Kier molecular flexibility index (Phi) is 5.12. The summed E-state index contributed by atoms with van der Waals surface area (Å²) in [7, 11) is 0. The number of rotatable bonds is 4. The Morgan fingerprint density at radius 2 is 1.96 bits per heavy atom. The van der Waals surface area contributed by atoms with Crippen LogP contribution in [-0.4, -0.2) is 29.3 Å². The highest BCUT2D eigenvalue weighted by Gasteiger charge is 2.34.